The zero-order chi connectivity index (χ0) is 9.19. The quantitative estimate of drug-likeness (QED) is 0.641. The van der Waals surface area contributed by atoms with Crippen molar-refractivity contribution in [1.82, 2.24) is 10.2 Å². The molecular formula is C10H22N2. The third kappa shape index (κ3) is 2.20. The summed E-state index contributed by atoms with van der Waals surface area (Å²) in [4.78, 5) is 2.61. The predicted molar refractivity (Wildman–Crippen MR) is 53.4 cm³/mol. The third-order valence-electron chi connectivity index (χ3n) is 2.68. The molecule has 72 valence electrons. The Morgan fingerprint density at radius 1 is 1.42 bits per heavy atom. The SMILES string of the molecule is CCC1CNCCN1C(C)(C)C. The number of nitrogens with zero attached hydrogens (tertiary/aromatic N) is 1. The van der Waals surface area contributed by atoms with Crippen molar-refractivity contribution in [3.63, 3.8) is 0 Å². The fourth-order valence-corrected chi connectivity index (χ4v) is 2.01. The van der Waals surface area contributed by atoms with Gasteiger partial charge in [0.25, 0.3) is 0 Å². The normalized spacial score (nSPS) is 27.5. The van der Waals surface area contributed by atoms with Crippen LogP contribution < -0.4 is 5.32 Å². The molecule has 0 aromatic heterocycles. The standard InChI is InChI=1S/C10H22N2/c1-5-9-8-11-6-7-12(9)10(2,3)4/h9,11H,5-8H2,1-4H3. The maximum Gasteiger partial charge on any atom is 0.0223 e. The summed E-state index contributed by atoms with van der Waals surface area (Å²) in [7, 11) is 0. The van der Waals surface area contributed by atoms with Gasteiger partial charge in [0.05, 0.1) is 0 Å². The van der Waals surface area contributed by atoms with Gasteiger partial charge >= 0.3 is 0 Å². The number of hydrogen-bond donors (Lipinski definition) is 1. The minimum absolute atomic E-state index is 0.336. The molecule has 0 radical (unpaired) electrons. The summed E-state index contributed by atoms with van der Waals surface area (Å²) in [5.74, 6) is 0. The number of rotatable bonds is 1. The zero-order valence-electron chi connectivity index (χ0n) is 8.85. The van der Waals surface area contributed by atoms with Crippen molar-refractivity contribution in [2.45, 2.75) is 45.7 Å². The average Bonchev–Trinajstić information content (AvgIpc) is 2.03. The van der Waals surface area contributed by atoms with Gasteiger partial charge in [0, 0.05) is 31.2 Å². The second kappa shape index (κ2) is 3.75. The fraction of sp³-hybridized carbons (Fsp3) is 1.00. The van der Waals surface area contributed by atoms with Crippen LogP contribution >= 0.6 is 0 Å². The molecule has 1 saturated heterocycles. The van der Waals surface area contributed by atoms with Crippen molar-refractivity contribution in [1.29, 1.82) is 0 Å². The lowest BCUT2D eigenvalue weighted by Crippen LogP contribution is -2.57. The van der Waals surface area contributed by atoms with E-state index < -0.39 is 0 Å². The van der Waals surface area contributed by atoms with Gasteiger partial charge in [-0.3, -0.25) is 4.90 Å². The predicted octanol–water partition coefficient (Wildman–Crippen LogP) is 1.47. The topological polar surface area (TPSA) is 15.3 Å². The van der Waals surface area contributed by atoms with E-state index in [1.807, 2.05) is 0 Å². The molecule has 1 N–H and O–H groups in total. The summed E-state index contributed by atoms with van der Waals surface area (Å²) < 4.78 is 0. The molecule has 1 fully saturated rings. The molecule has 0 spiro atoms. The Bertz CT molecular complexity index is 137. The largest absolute Gasteiger partial charge is 0.314 e. The molecule has 2 heteroatoms. The maximum atomic E-state index is 3.45. The summed E-state index contributed by atoms with van der Waals surface area (Å²) >= 11 is 0. The minimum atomic E-state index is 0.336. The van der Waals surface area contributed by atoms with Gasteiger partial charge in [-0.2, -0.15) is 0 Å². The molecule has 0 aromatic carbocycles. The fourth-order valence-electron chi connectivity index (χ4n) is 2.01. The minimum Gasteiger partial charge on any atom is -0.314 e. The van der Waals surface area contributed by atoms with Crippen LogP contribution in [0.3, 0.4) is 0 Å². The van der Waals surface area contributed by atoms with E-state index in [0.29, 0.717) is 5.54 Å². The Kier molecular flexibility index (Phi) is 3.13. The molecule has 12 heavy (non-hydrogen) atoms. The first-order chi connectivity index (χ1) is 5.55. The highest BCUT2D eigenvalue weighted by molar-refractivity contribution is 4.87. The van der Waals surface area contributed by atoms with E-state index in [4.69, 9.17) is 0 Å². The Morgan fingerprint density at radius 2 is 2.08 bits per heavy atom. The monoisotopic (exact) mass is 170 g/mol. The van der Waals surface area contributed by atoms with Crippen molar-refractivity contribution in [3.8, 4) is 0 Å². The maximum absolute atomic E-state index is 3.45. The molecule has 1 atom stereocenters. The van der Waals surface area contributed by atoms with E-state index in [9.17, 15) is 0 Å². The van der Waals surface area contributed by atoms with Crippen LogP contribution in [0.4, 0.5) is 0 Å². The second-order valence-electron chi connectivity index (χ2n) is 4.63. The van der Waals surface area contributed by atoms with Crippen LogP contribution in [0.2, 0.25) is 0 Å². The Hall–Kier alpha value is -0.0800. The van der Waals surface area contributed by atoms with Gasteiger partial charge in [0.2, 0.25) is 0 Å². The lowest BCUT2D eigenvalue weighted by atomic mass is 9.99. The van der Waals surface area contributed by atoms with Gasteiger partial charge in [0.15, 0.2) is 0 Å². The molecule has 0 amide bonds. The van der Waals surface area contributed by atoms with E-state index in [0.717, 1.165) is 19.1 Å². The number of piperazine rings is 1. The van der Waals surface area contributed by atoms with Crippen LogP contribution in [0.25, 0.3) is 0 Å². The Balaban J connectivity index is 2.59. The summed E-state index contributed by atoms with van der Waals surface area (Å²) in [5, 5.41) is 3.45. The smallest absolute Gasteiger partial charge is 0.0223 e. The summed E-state index contributed by atoms with van der Waals surface area (Å²) in [6, 6.07) is 0.735. The average molecular weight is 170 g/mol. The van der Waals surface area contributed by atoms with Crippen molar-refractivity contribution >= 4 is 0 Å². The van der Waals surface area contributed by atoms with Crippen molar-refractivity contribution in [2.75, 3.05) is 19.6 Å². The first-order valence-corrected chi connectivity index (χ1v) is 5.03. The Labute approximate surface area is 76.3 Å². The van der Waals surface area contributed by atoms with Crippen LogP contribution in [0.1, 0.15) is 34.1 Å². The molecule has 1 aliphatic heterocycles. The summed E-state index contributed by atoms with van der Waals surface area (Å²) in [5.41, 5.74) is 0.336. The van der Waals surface area contributed by atoms with Gasteiger partial charge in [0.1, 0.15) is 0 Å². The molecule has 1 heterocycles. The van der Waals surface area contributed by atoms with Crippen LogP contribution in [0.5, 0.6) is 0 Å². The molecule has 1 unspecified atom stereocenters. The van der Waals surface area contributed by atoms with E-state index in [1.54, 1.807) is 0 Å². The van der Waals surface area contributed by atoms with Crippen LogP contribution in [0, 0.1) is 0 Å². The summed E-state index contributed by atoms with van der Waals surface area (Å²) in [6.45, 7) is 12.7. The van der Waals surface area contributed by atoms with Crippen molar-refractivity contribution < 1.29 is 0 Å². The molecule has 0 aliphatic carbocycles. The van der Waals surface area contributed by atoms with E-state index in [1.165, 1.54) is 13.0 Å². The second-order valence-corrected chi connectivity index (χ2v) is 4.63. The van der Waals surface area contributed by atoms with Gasteiger partial charge in [-0.05, 0) is 27.2 Å². The molecular weight excluding hydrogens is 148 g/mol. The van der Waals surface area contributed by atoms with Crippen LogP contribution in [0.15, 0.2) is 0 Å². The van der Waals surface area contributed by atoms with Gasteiger partial charge in [-0.15, -0.1) is 0 Å². The van der Waals surface area contributed by atoms with Crippen molar-refractivity contribution in [3.05, 3.63) is 0 Å². The first-order valence-electron chi connectivity index (χ1n) is 5.03. The molecule has 2 nitrogen and oxygen atoms in total. The number of nitrogens with one attached hydrogen (secondary N) is 1. The highest BCUT2D eigenvalue weighted by atomic mass is 15.3. The van der Waals surface area contributed by atoms with E-state index >= 15 is 0 Å². The highest BCUT2D eigenvalue weighted by Crippen LogP contribution is 2.19. The lowest BCUT2D eigenvalue weighted by Gasteiger charge is -2.44. The molecule has 1 aliphatic rings. The molecule has 0 aromatic rings. The van der Waals surface area contributed by atoms with Crippen molar-refractivity contribution in [2.24, 2.45) is 0 Å². The highest BCUT2D eigenvalue weighted by Gasteiger charge is 2.29. The van der Waals surface area contributed by atoms with Gasteiger partial charge < -0.3 is 5.32 Å². The molecule has 1 rings (SSSR count). The first kappa shape index (κ1) is 10.0. The molecule has 0 saturated carbocycles. The van der Waals surface area contributed by atoms with Gasteiger partial charge in [-0.25, -0.2) is 0 Å². The lowest BCUT2D eigenvalue weighted by molar-refractivity contribution is 0.0592. The Morgan fingerprint density at radius 3 is 2.50 bits per heavy atom. The van der Waals surface area contributed by atoms with E-state index in [2.05, 4.69) is 37.9 Å². The van der Waals surface area contributed by atoms with Crippen LogP contribution in [-0.2, 0) is 0 Å². The summed E-state index contributed by atoms with van der Waals surface area (Å²) in [6.07, 6.45) is 1.25. The zero-order valence-corrected chi connectivity index (χ0v) is 8.85. The third-order valence-corrected chi connectivity index (χ3v) is 2.68. The van der Waals surface area contributed by atoms with Gasteiger partial charge in [-0.1, -0.05) is 6.92 Å². The van der Waals surface area contributed by atoms with Crippen LogP contribution in [-0.4, -0.2) is 36.1 Å². The van der Waals surface area contributed by atoms with E-state index in [-0.39, 0.29) is 0 Å². The molecule has 0 bridgehead atoms. The number of hydrogen-bond acceptors (Lipinski definition) is 2.